The normalized spacial score (nSPS) is 14.8. The van der Waals surface area contributed by atoms with Gasteiger partial charge < -0.3 is 19.7 Å². The van der Waals surface area contributed by atoms with E-state index >= 15 is 0 Å². The standard InChI is InChI=1S/C22H25N3O3S/c1-3-28-19-7-5-4-6-17(19)23-21(26)15-10-12-25(13-11-15)22-24-18-9-8-16(27-2)14-20(18)29-22/h4-9,14-15H,3,10-13H2,1-2H3,(H,23,26). The molecule has 1 aromatic heterocycles. The fourth-order valence-corrected chi connectivity index (χ4v) is 4.62. The minimum Gasteiger partial charge on any atom is -0.497 e. The number of nitrogens with one attached hydrogen (secondary N) is 1. The molecule has 6 nitrogen and oxygen atoms in total. The lowest BCUT2D eigenvalue weighted by Crippen LogP contribution is -2.38. The number of thiazole rings is 1. The minimum atomic E-state index is -0.00425. The number of hydrogen-bond donors (Lipinski definition) is 1. The van der Waals surface area contributed by atoms with Crippen LogP contribution in [0.15, 0.2) is 42.5 Å². The predicted octanol–water partition coefficient (Wildman–Crippen LogP) is 4.56. The van der Waals surface area contributed by atoms with Crippen LogP contribution >= 0.6 is 11.3 Å². The lowest BCUT2D eigenvalue weighted by molar-refractivity contribution is -0.120. The quantitative estimate of drug-likeness (QED) is 0.644. The summed E-state index contributed by atoms with van der Waals surface area (Å²) in [6.07, 6.45) is 1.61. The molecule has 0 atom stereocenters. The summed E-state index contributed by atoms with van der Waals surface area (Å²) >= 11 is 1.67. The van der Waals surface area contributed by atoms with Crippen LogP contribution in [0.4, 0.5) is 10.8 Å². The molecule has 1 fully saturated rings. The van der Waals surface area contributed by atoms with Gasteiger partial charge in [0.15, 0.2) is 5.13 Å². The Morgan fingerprint density at radius 2 is 2.03 bits per heavy atom. The van der Waals surface area contributed by atoms with Gasteiger partial charge >= 0.3 is 0 Å². The second-order valence-corrected chi connectivity index (χ2v) is 8.02. The summed E-state index contributed by atoms with van der Waals surface area (Å²) in [5.74, 6) is 1.61. The zero-order chi connectivity index (χ0) is 20.2. The highest BCUT2D eigenvalue weighted by Crippen LogP contribution is 2.34. The Morgan fingerprint density at radius 3 is 2.79 bits per heavy atom. The second kappa shape index (κ2) is 8.69. The molecule has 7 heteroatoms. The number of rotatable bonds is 6. The fraction of sp³-hybridized carbons (Fsp3) is 0.364. The third-order valence-electron chi connectivity index (χ3n) is 5.17. The van der Waals surface area contributed by atoms with Gasteiger partial charge in [-0.2, -0.15) is 0 Å². The summed E-state index contributed by atoms with van der Waals surface area (Å²) in [5.41, 5.74) is 1.72. The van der Waals surface area contributed by atoms with Crippen LogP contribution in [-0.2, 0) is 4.79 Å². The topological polar surface area (TPSA) is 63.7 Å². The van der Waals surface area contributed by atoms with E-state index in [0.717, 1.165) is 52.7 Å². The SMILES string of the molecule is CCOc1ccccc1NC(=O)C1CCN(c2nc3ccc(OC)cc3s2)CC1. The molecular weight excluding hydrogens is 386 g/mol. The number of benzene rings is 2. The van der Waals surface area contributed by atoms with Gasteiger partial charge in [-0.3, -0.25) is 4.79 Å². The molecule has 0 saturated carbocycles. The number of hydrogen-bond acceptors (Lipinski definition) is 6. The van der Waals surface area contributed by atoms with Crippen molar-refractivity contribution in [3.8, 4) is 11.5 Å². The summed E-state index contributed by atoms with van der Waals surface area (Å²) < 4.78 is 12.0. The van der Waals surface area contributed by atoms with Crippen LogP contribution in [-0.4, -0.2) is 37.7 Å². The maximum atomic E-state index is 12.8. The number of carbonyl (C=O) groups is 1. The number of aromatic nitrogens is 1. The lowest BCUT2D eigenvalue weighted by atomic mass is 9.96. The maximum Gasteiger partial charge on any atom is 0.227 e. The molecule has 4 rings (SSSR count). The van der Waals surface area contributed by atoms with Crippen LogP contribution in [0.3, 0.4) is 0 Å². The van der Waals surface area contributed by atoms with Gasteiger partial charge in [-0.05, 0) is 50.1 Å². The van der Waals surface area contributed by atoms with Gasteiger partial charge in [0.2, 0.25) is 5.91 Å². The Hall–Kier alpha value is -2.80. The third kappa shape index (κ3) is 4.29. The van der Waals surface area contributed by atoms with Crippen LogP contribution in [0.2, 0.25) is 0 Å². The molecule has 0 unspecified atom stereocenters. The van der Waals surface area contributed by atoms with Crippen LogP contribution in [0.1, 0.15) is 19.8 Å². The molecule has 0 aliphatic carbocycles. The zero-order valence-corrected chi connectivity index (χ0v) is 17.5. The molecule has 1 saturated heterocycles. The van der Waals surface area contributed by atoms with Gasteiger partial charge in [-0.1, -0.05) is 23.5 Å². The van der Waals surface area contributed by atoms with Crippen LogP contribution in [0.25, 0.3) is 10.2 Å². The Bertz CT molecular complexity index is 996. The zero-order valence-electron chi connectivity index (χ0n) is 16.7. The van der Waals surface area contributed by atoms with E-state index in [4.69, 9.17) is 14.5 Å². The molecular formula is C22H25N3O3S. The Balaban J connectivity index is 1.38. The van der Waals surface area contributed by atoms with Crippen molar-refractivity contribution in [2.24, 2.45) is 5.92 Å². The van der Waals surface area contributed by atoms with Gasteiger partial charge in [-0.25, -0.2) is 4.98 Å². The average molecular weight is 412 g/mol. The summed E-state index contributed by atoms with van der Waals surface area (Å²) in [6.45, 7) is 4.15. The monoisotopic (exact) mass is 411 g/mol. The van der Waals surface area contributed by atoms with E-state index < -0.39 is 0 Å². The predicted molar refractivity (Wildman–Crippen MR) is 117 cm³/mol. The first kappa shape index (κ1) is 19.5. The van der Waals surface area contributed by atoms with Crippen molar-refractivity contribution >= 4 is 38.3 Å². The number of nitrogens with zero attached hydrogens (tertiary/aromatic N) is 2. The molecule has 1 aliphatic rings. The molecule has 152 valence electrons. The molecule has 2 heterocycles. The first-order valence-corrected chi connectivity index (χ1v) is 10.7. The number of ether oxygens (including phenoxy) is 2. The van der Waals surface area contributed by atoms with Crippen molar-refractivity contribution in [3.63, 3.8) is 0 Å². The van der Waals surface area contributed by atoms with Crippen LogP contribution < -0.4 is 19.7 Å². The highest BCUT2D eigenvalue weighted by Gasteiger charge is 2.27. The van der Waals surface area contributed by atoms with Crippen molar-refractivity contribution in [1.29, 1.82) is 0 Å². The molecule has 0 bridgehead atoms. The molecule has 0 radical (unpaired) electrons. The van der Waals surface area contributed by atoms with Crippen molar-refractivity contribution in [2.45, 2.75) is 19.8 Å². The van der Waals surface area contributed by atoms with Crippen molar-refractivity contribution in [3.05, 3.63) is 42.5 Å². The number of para-hydroxylation sites is 2. The van der Waals surface area contributed by atoms with Gasteiger partial charge in [0.1, 0.15) is 11.5 Å². The number of fused-ring (bicyclic) bond motifs is 1. The molecule has 1 amide bonds. The van der Waals surface area contributed by atoms with E-state index in [1.165, 1.54) is 0 Å². The molecule has 2 aromatic carbocycles. The highest BCUT2D eigenvalue weighted by molar-refractivity contribution is 7.22. The molecule has 3 aromatic rings. The van der Waals surface area contributed by atoms with E-state index in [2.05, 4.69) is 10.2 Å². The summed E-state index contributed by atoms with van der Waals surface area (Å²) in [7, 11) is 1.67. The van der Waals surface area contributed by atoms with Crippen molar-refractivity contribution in [1.82, 2.24) is 4.98 Å². The Kier molecular flexibility index (Phi) is 5.85. The largest absolute Gasteiger partial charge is 0.497 e. The Labute approximate surface area is 174 Å². The van der Waals surface area contributed by atoms with E-state index in [9.17, 15) is 4.79 Å². The van der Waals surface area contributed by atoms with Gasteiger partial charge in [0.05, 0.1) is 29.6 Å². The summed E-state index contributed by atoms with van der Waals surface area (Å²) in [6, 6.07) is 13.5. The van der Waals surface area contributed by atoms with E-state index in [1.54, 1.807) is 18.4 Å². The number of anilines is 2. The molecule has 0 spiro atoms. The van der Waals surface area contributed by atoms with Gasteiger partial charge in [-0.15, -0.1) is 0 Å². The van der Waals surface area contributed by atoms with E-state index in [1.807, 2.05) is 49.4 Å². The van der Waals surface area contributed by atoms with Crippen molar-refractivity contribution < 1.29 is 14.3 Å². The summed E-state index contributed by atoms with van der Waals surface area (Å²) in [4.78, 5) is 19.8. The number of piperidine rings is 1. The smallest absolute Gasteiger partial charge is 0.227 e. The first-order valence-electron chi connectivity index (χ1n) is 9.90. The fourth-order valence-electron chi connectivity index (χ4n) is 3.57. The maximum absolute atomic E-state index is 12.8. The van der Waals surface area contributed by atoms with E-state index in [-0.39, 0.29) is 11.8 Å². The summed E-state index contributed by atoms with van der Waals surface area (Å²) in [5, 5.41) is 4.05. The number of carbonyl (C=O) groups excluding carboxylic acids is 1. The van der Waals surface area contributed by atoms with Gasteiger partial charge in [0.25, 0.3) is 0 Å². The third-order valence-corrected chi connectivity index (χ3v) is 6.24. The van der Waals surface area contributed by atoms with E-state index in [0.29, 0.717) is 12.4 Å². The van der Waals surface area contributed by atoms with Crippen LogP contribution in [0, 0.1) is 5.92 Å². The first-order chi connectivity index (χ1) is 14.2. The number of methoxy groups -OCH3 is 1. The van der Waals surface area contributed by atoms with Gasteiger partial charge in [0, 0.05) is 19.0 Å². The minimum absolute atomic E-state index is 0.00425. The average Bonchev–Trinajstić information content (AvgIpc) is 3.18. The molecule has 1 N–H and O–H groups in total. The molecule has 29 heavy (non-hydrogen) atoms. The lowest BCUT2D eigenvalue weighted by Gasteiger charge is -2.31. The molecule has 1 aliphatic heterocycles. The second-order valence-electron chi connectivity index (χ2n) is 7.01. The highest BCUT2D eigenvalue weighted by atomic mass is 32.1. The van der Waals surface area contributed by atoms with Crippen molar-refractivity contribution in [2.75, 3.05) is 37.0 Å². The number of amides is 1. The Morgan fingerprint density at radius 1 is 1.24 bits per heavy atom. The van der Waals surface area contributed by atoms with Crippen LogP contribution in [0.5, 0.6) is 11.5 Å².